The maximum Gasteiger partial charge on any atom is 0.419 e. The Morgan fingerprint density at radius 1 is 1.30 bits per heavy atom. The molecule has 0 saturated heterocycles. The number of anilines is 1. The van der Waals surface area contributed by atoms with E-state index < -0.39 is 17.6 Å². The Balaban J connectivity index is 2.55. The molecule has 0 heterocycles. The molecule has 0 aliphatic heterocycles. The van der Waals surface area contributed by atoms with Crippen molar-refractivity contribution in [2.24, 2.45) is 0 Å². The zero-order valence-corrected chi connectivity index (χ0v) is 11.2. The van der Waals surface area contributed by atoms with Crippen molar-refractivity contribution in [3.05, 3.63) is 29.6 Å². The summed E-state index contributed by atoms with van der Waals surface area (Å²) in [7, 11) is 3.26. The molecule has 7 heteroatoms. The van der Waals surface area contributed by atoms with Crippen molar-refractivity contribution in [1.82, 2.24) is 4.90 Å². The standard InChI is InChI=1S/C13H16F4N2O/c1-19(2)12(20)4-3-7-18-9-5-6-11(14)10(8-9)13(15,16)17/h5-6,8,18H,3-4,7H2,1-2H3. The van der Waals surface area contributed by atoms with Crippen LogP contribution in [0.3, 0.4) is 0 Å². The third-order valence-electron chi connectivity index (χ3n) is 2.67. The molecule has 1 aromatic rings. The van der Waals surface area contributed by atoms with E-state index in [0.717, 1.165) is 12.1 Å². The van der Waals surface area contributed by atoms with Crippen LogP contribution in [0.5, 0.6) is 0 Å². The molecular weight excluding hydrogens is 276 g/mol. The third-order valence-corrected chi connectivity index (χ3v) is 2.67. The molecule has 0 fully saturated rings. The number of hydrogen-bond acceptors (Lipinski definition) is 2. The number of nitrogens with zero attached hydrogens (tertiary/aromatic N) is 1. The van der Waals surface area contributed by atoms with Crippen LogP contribution in [0.1, 0.15) is 18.4 Å². The summed E-state index contributed by atoms with van der Waals surface area (Å²) in [6.07, 6.45) is -3.94. The van der Waals surface area contributed by atoms with Crippen molar-refractivity contribution >= 4 is 11.6 Å². The molecule has 1 rings (SSSR count). The van der Waals surface area contributed by atoms with E-state index in [2.05, 4.69) is 5.32 Å². The van der Waals surface area contributed by atoms with Crippen molar-refractivity contribution in [2.75, 3.05) is 26.0 Å². The van der Waals surface area contributed by atoms with Gasteiger partial charge >= 0.3 is 6.18 Å². The summed E-state index contributed by atoms with van der Waals surface area (Å²) in [6, 6.07) is 2.73. The molecule has 0 radical (unpaired) electrons. The average molecular weight is 292 g/mol. The van der Waals surface area contributed by atoms with Gasteiger partial charge in [-0.2, -0.15) is 13.2 Å². The van der Waals surface area contributed by atoms with Crippen molar-refractivity contribution < 1.29 is 22.4 Å². The van der Waals surface area contributed by atoms with Crippen molar-refractivity contribution in [2.45, 2.75) is 19.0 Å². The van der Waals surface area contributed by atoms with Gasteiger partial charge in [0.2, 0.25) is 5.91 Å². The van der Waals surface area contributed by atoms with Gasteiger partial charge in [0.1, 0.15) is 5.82 Å². The number of alkyl halides is 3. The zero-order chi connectivity index (χ0) is 15.3. The topological polar surface area (TPSA) is 32.3 Å². The molecule has 0 saturated carbocycles. The first-order chi connectivity index (χ1) is 9.21. The lowest BCUT2D eigenvalue weighted by Gasteiger charge is -2.12. The number of hydrogen-bond donors (Lipinski definition) is 1. The normalized spacial score (nSPS) is 11.3. The van der Waals surface area contributed by atoms with E-state index in [1.807, 2.05) is 0 Å². The van der Waals surface area contributed by atoms with Gasteiger partial charge < -0.3 is 10.2 Å². The molecular formula is C13H16F4N2O. The maximum absolute atomic E-state index is 13.1. The molecule has 1 N–H and O–H groups in total. The first-order valence-corrected chi connectivity index (χ1v) is 6.02. The number of carbonyl (C=O) groups is 1. The number of nitrogens with one attached hydrogen (secondary N) is 1. The summed E-state index contributed by atoms with van der Waals surface area (Å²) in [6.45, 7) is 0.336. The number of carbonyl (C=O) groups excluding carboxylic acids is 1. The Hall–Kier alpha value is -1.79. The van der Waals surface area contributed by atoms with Crippen LogP contribution in [0.2, 0.25) is 0 Å². The molecule has 0 bridgehead atoms. The van der Waals surface area contributed by atoms with Crippen LogP contribution in [-0.4, -0.2) is 31.4 Å². The smallest absolute Gasteiger partial charge is 0.385 e. The Kier molecular flexibility index (Phi) is 5.35. The van der Waals surface area contributed by atoms with Gasteiger partial charge in [-0.25, -0.2) is 4.39 Å². The van der Waals surface area contributed by atoms with Gasteiger partial charge in [0, 0.05) is 32.7 Å². The molecule has 3 nitrogen and oxygen atoms in total. The predicted molar refractivity (Wildman–Crippen MR) is 67.8 cm³/mol. The molecule has 0 aliphatic carbocycles. The van der Waals surface area contributed by atoms with Crippen LogP contribution >= 0.6 is 0 Å². The van der Waals surface area contributed by atoms with E-state index >= 15 is 0 Å². The van der Waals surface area contributed by atoms with Gasteiger partial charge in [-0.3, -0.25) is 4.79 Å². The van der Waals surface area contributed by atoms with Gasteiger partial charge in [0.25, 0.3) is 0 Å². The largest absolute Gasteiger partial charge is 0.419 e. The second-order valence-electron chi connectivity index (χ2n) is 4.51. The number of rotatable bonds is 5. The van der Waals surface area contributed by atoms with Crippen molar-refractivity contribution in [3.63, 3.8) is 0 Å². The van der Waals surface area contributed by atoms with Crippen LogP contribution in [0.15, 0.2) is 18.2 Å². The second-order valence-corrected chi connectivity index (χ2v) is 4.51. The zero-order valence-electron chi connectivity index (χ0n) is 11.2. The molecule has 20 heavy (non-hydrogen) atoms. The second kappa shape index (κ2) is 6.58. The third kappa shape index (κ3) is 4.71. The molecule has 1 aromatic carbocycles. The monoisotopic (exact) mass is 292 g/mol. The highest BCUT2D eigenvalue weighted by atomic mass is 19.4. The minimum Gasteiger partial charge on any atom is -0.385 e. The highest BCUT2D eigenvalue weighted by Gasteiger charge is 2.34. The van der Waals surface area contributed by atoms with Crippen LogP contribution < -0.4 is 5.32 Å². The van der Waals surface area contributed by atoms with Gasteiger partial charge in [0.05, 0.1) is 5.56 Å². The number of halogens is 4. The molecule has 0 spiro atoms. The van der Waals surface area contributed by atoms with Crippen molar-refractivity contribution in [3.8, 4) is 0 Å². The maximum atomic E-state index is 13.1. The average Bonchev–Trinajstić information content (AvgIpc) is 2.34. The molecule has 112 valence electrons. The van der Waals surface area contributed by atoms with Gasteiger partial charge in [0.15, 0.2) is 0 Å². The van der Waals surface area contributed by atoms with Gasteiger partial charge in [-0.05, 0) is 24.6 Å². The molecule has 1 amide bonds. The Morgan fingerprint density at radius 2 is 1.95 bits per heavy atom. The highest BCUT2D eigenvalue weighted by Crippen LogP contribution is 2.32. The molecule has 0 aromatic heterocycles. The SMILES string of the molecule is CN(C)C(=O)CCCNc1ccc(F)c(C(F)(F)F)c1. The molecule has 0 aliphatic rings. The lowest BCUT2D eigenvalue weighted by Crippen LogP contribution is -2.22. The van der Waals surface area contributed by atoms with Crippen LogP contribution in [0.25, 0.3) is 0 Å². The van der Waals surface area contributed by atoms with E-state index in [0.29, 0.717) is 19.4 Å². The predicted octanol–water partition coefficient (Wildman–Crippen LogP) is 3.12. The fourth-order valence-electron chi connectivity index (χ4n) is 1.55. The van der Waals surface area contributed by atoms with Crippen LogP contribution in [-0.2, 0) is 11.0 Å². The Labute approximate surface area is 114 Å². The lowest BCUT2D eigenvalue weighted by molar-refractivity contribution is -0.140. The molecule has 0 atom stereocenters. The fraction of sp³-hybridized carbons (Fsp3) is 0.462. The summed E-state index contributed by atoms with van der Waals surface area (Å²) in [5, 5.41) is 2.74. The van der Waals surface area contributed by atoms with Gasteiger partial charge in [-0.15, -0.1) is 0 Å². The summed E-state index contributed by atoms with van der Waals surface area (Å²) < 4.78 is 50.5. The van der Waals surface area contributed by atoms with E-state index in [1.54, 1.807) is 14.1 Å². The Morgan fingerprint density at radius 3 is 2.50 bits per heavy atom. The highest BCUT2D eigenvalue weighted by molar-refractivity contribution is 5.75. The number of amides is 1. The quantitative estimate of drug-likeness (QED) is 0.668. The number of benzene rings is 1. The van der Waals surface area contributed by atoms with Crippen molar-refractivity contribution in [1.29, 1.82) is 0 Å². The fourth-order valence-corrected chi connectivity index (χ4v) is 1.55. The van der Waals surface area contributed by atoms with Gasteiger partial charge in [-0.1, -0.05) is 0 Å². The minimum atomic E-state index is -4.72. The summed E-state index contributed by atoms with van der Waals surface area (Å²) >= 11 is 0. The van der Waals surface area contributed by atoms with E-state index in [-0.39, 0.29) is 11.6 Å². The van der Waals surface area contributed by atoms with E-state index in [1.165, 1.54) is 11.0 Å². The first-order valence-electron chi connectivity index (χ1n) is 6.02. The summed E-state index contributed by atoms with van der Waals surface area (Å²) in [4.78, 5) is 12.7. The van der Waals surface area contributed by atoms with E-state index in [9.17, 15) is 22.4 Å². The minimum absolute atomic E-state index is 0.0538. The van der Waals surface area contributed by atoms with Crippen LogP contribution in [0.4, 0.5) is 23.2 Å². The summed E-state index contributed by atoms with van der Waals surface area (Å²) in [5.41, 5.74) is -1.12. The first kappa shape index (κ1) is 16.3. The Bertz CT molecular complexity index is 472. The lowest BCUT2D eigenvalue weighted by atomic mass is 10.1. The summed E-state index contributed by atoms with van der Waals surface area (Å²) in [5.74, 6) is -1.35. The molecule has 0 unspecified atom stereocenters. The van der Waals surface area contributed by atoms with Crippen LogP contribution in [0, 0.1) is 5.82 Å². The van der Waals surface area contributed by atoms with E-state index in [4.69, 9.17) is 0 Å².